The fraction of sp³-hybridized carbons (Fsp3) is 0.176. The summed E-state index contributed by atoms with van der Waals surface area (Å²) in [7, 11) is -2.04. The van der Waals surface area contributed by atoms with Crippen LogP contribution in [0.5, 0.6) is 0 Å². The Bertz CT molecular complexity index is 875. The molecule has 6 heteroatoms. The lowest BCUT2D eigenvalue weighted by Crippen LogP contribution is -2.28. The molecule has 0 atom stereocenters. The fourth-order valence-electron chi connectivity index (χ4n) is 2.10. The van der Waals surface area contributed by atoms with Gasteiger partial charge in [0.05, 0.1) is 29.0 Å². The van der Waals surface area contributed by atoms with Gasteiger partial charge in [-0.25, -0.2) is 12.7 Å². The van der Waals surface area contributed by atoms with E-state index >= 15 is 0 Å². The van der Waals surface area contributed by atoms with E-state index in [9.17, 15) is 8.42 Å². The summed E-state index contributed by atoms with van der Waals surface area (Å²) in [5, 5.41) is 17.8. The quantitative estimate of drug-likeness (QED) is 0.845. The molecule has 2 aromatic rings. The zero-order chi connectivity index (χ0) is 16.9. The van der Waals surface area contributed by atoms with Crippen LogP contribution in [0.2, 0.25) is 0 Å². The highest BCUT2D eigenvalue weighted by atomic mass is 32.2. The highest BCUT2D eigenvalue weighted by Crippen LogP contribution is 2.16. The first kappa shape index (κ1) is 16.7. The third-order valence-corrected chi connectivity index (χ3v) is 5.19. The Morgan fingerprint density at radius 3 is 2.26 bits per heavy atom. The lowest BCUT2D eigenvalue weighted by molar-refractivity contribution is 0.466. The third kappa shape index (κ3) is 4.17. The van der Waals surface area contributed by atoms with Crippen LogP contribution in [0, 0.1) is 22.7 Å². The second-order valence-corrected chi connectivity index (χ2v) is 7.17. The monoisotopic (exact) mass is 325 g/mol. The zero-order valence-corrected chi connectivity index (χ0v) is 13.4. The summed E-state index contributed by atoms with van der Waals surface area (Å²) in [5.41, 5.74) is 2.18. The average molecular weight is 325 g/mol. The SMILES string of the molecule is CN(Cc1ccc(C#N)cc1)S(=O)(=O)Cc1ccccc1C#N. The summed E-state index contributed by atoms with van der Waals surface area (Å²) >= 11 is 0. The molecule has 0 saturated carbocycles. The Hall–Kier alpha value is -2.67. The lowest BCUT2D eigenvalue weighted by atomic mass is 10.1. The first-order chi connectivity index (χ1) is 11.0. The van der Waals surface area contributed by atoms with Crippen LogP contribution in [-0.4, -0.2) is 19.8 Å². The smallest absolute Gasteiger partial charge is 0.212 e. The molecule has 0 fully saturated rings. The van der Waals surface area contributed by atoms with Gasteiger partial charge in [0.1, 0.15) is 0 Å². The fourth-order valence-corrected chi connectivity index (χ4v) is 3.31. The molecule has 5 nitrogen and oxygen atoms in total. The molecule has 0 saturated heterocycles. The van der Waals surface area contributed by atoms with Gasteiger partial charge in [-0.15, -0.1) is 0 Å². The molecule has 0 heterocycles. The van der Waals surface area contributed by atoms with Gasteiger partial charge in [-0.1, -0.05) is 30.3 Å². The van der Waals surface area contributed by atoms with Gasteiger partial charge in [-0.3, -0.25) is 0 Å². The van der Waals surface area contributed by atoms with Crippen molar-refractivity contribution in [3.8, 4) is 12.1 Å². The van der Waals surface area contributed by atoms with E-state index in [1.54, 1.807) is 48.5 Å². The van der Waals surface area contributed by atoms with E-state index in [0.717, 1.165) is 5.56 Å². The molecular weight excluding hydrogens is 310 g/mol. The minimum Gasteiger partial charge on any atom is -0.212 e. The summed E-state index contributed by atoms with van der Waals surface area (Å²) in [6, 6.07) is 17.5. The zero-order valence-electron chi connectivity index (χ0n) is 12.6. The van der Waals surface area contributed by atoms with E-state index in [1.165, 1.54) is 11.4 Å². The molecule has 116 valence electrons. The first-order valence-corrected chi connectivity index (χ1v) is 8.48. The molecule has 0 amide bonds. The minimum absolute atomic E-state index is 0.211. The second kappa shape index (κ2) is 7.06. The average Bonchev–Trinajstić information content (AvgIpc) is 2.55. The Morgan fingerprint density at radius 1 is 1.00 bits per heavy atom. The molecule has 0 aliphatic rings. The summed E-state index contributed by atoms with van der Waals surface area (Å²) in [4.78, 5) is 0. The molecule has 23 heavy (non-hydrogen) atoms. The maximum Gasteiger partial charge on any atom is 0.218 e. The molecule has 2 rings (SSSR count). The van der Waals surface area contributed by atoms with Gasteiger partial charge in [0.25, 0.3) is 0 Å². The normalized spacial score (nSPS) is 11.0. The molecule has 0 spiro atoms. The topological polar surface area (TPSA) is 85.0 Å². The number of benzene rings is 2. The molecule has 0 aromatic heterocycles. The van der Waals surface area contributed by atoms with Crippen LogP contribution >= 0.6 is 0 Å². The van der Waals surface area contributed by atoms with E-state index in [0.29, 0.717) is 16.7 Å². The van der Waals surface area contributed by atoms with Crippen LogP contribution in [0.15, 0.2) is 48.5 Å². The van der Waals surface area contributed by atoms with Crippen LogP contribution in [-0.2, 0) is 22.3 Å². The first-order valence-electron chi connectivity index (χ1n) is 6.87. The maximum absolute atomic E-state index is 12.5. The van der Waals surface area contributed by atoms with Gasteiger partial charge in [0.15, 0.2) is 0 Å². The Labute approximate surface area is 136 Å². The minimum atomic E-state index is -3.54. The van der Waals surface area contributed by atoms with E-state index in [-0.39, 0.29) is 12.3 Å². The number of nitrogens with zero attached hydrogens (tertiary/aromatic N) is 3. The highest BCUT2D eigenvalue weighted by Gasteiger charge is 2.20. The molecule has 0 bridgehead atoms. The van der Waals surface area contributed by atoms with Crippen molar-refractivity contribution in [1.82, 2.24) is 4.31 Å². The molecular formula is C17H15N3O2S. The van der Waals surface area contributed by atoms with Crippen molar-refractivity contribution >= 4 is 10.0 Å². The van der Waals surface area contributed by atoms with Crippen LogP contribution in [0.1, 0.15) is 22.3 Å². The van der Waals surface area contributed by atoms with Gasteiger partial charge < -0.3 is 0 Å². The van der Waals surface area contributed by atoms with Crippen LogP contribution in [0.25, 0.3) is 0 Å². The number of rotatable bonds is 5. The maximum atomic E-state index is 12.5. The molecule has 0 aliphatic carbocycles. The predicted octanol–water partition coefficient (Wildman–Crippen LogP) is 2.39. The Morgan fingerprint density at radius 2 is 1.65 bits per heavy atom. The molecule has 0 radical (unpaired) electrons. The number of sulfonamides is 1. The van der Waals surface area contributed by atoms with Crippen LogP contribution < -0.4 is 0 Å². The van der Waals surface area contributed by atoms with Gasteiger partial charge >= 0.3 is 0 Å². The molecule has 2 aromatic carbocycles. The predicted molar refractivity (Wildman–Crippen MR) is 86.4 cm³/mol. The second-order valence-electron chi connectivity index (χ2n) is 5.09. The van der Waals surface area contributed by atoms with Crippen molar-refractivity contribution in [1.29, 1.82) is 10.5 Å². The van der Waals surface area contributed by atoms with Crippen molar-refractivity contribution in [2.24, 2.45) is 0 Å². The summed E-state index contributed by atoms with van der Waals surface area (Å²) in [6.07, 6.45) is 0. The van der Waals surface area contributed by atoms with Gasteiger partial charge in [-0.2, -0.15) is 10.5 Å². The summed E-state index contributed by atoms with van der Waals surface area (Å²) in [6.45, 7) is 0.211. The third-order valence-electron chi connectivity index (χ3n) is 3.44. The van der Waals surface area contributed by atoms with Gasteiger partial charge in [0, 0.05) is 13.6 Å². The largest absolute Gasteiger partial charge is 0.218 e. The van der Waals surface area contributed by atoms with E-state index in [4.69, 9.17) is 10.5 Å². The molecule has 0 N–H and O–H groups in total. The van der Waals surface area contributed by atoms with E-state index in [1.807, 2.05) is 12.1 Å². The Kier molecular flexibility index (Phi) is 5.13. The van der Waals surface area contributed by atoms with E-state index in [2.05, 4.69) is 0 Å². The van der Waals surface area contributed by atoms with Gasteiger partial charge in [0.2, 0.25) is 10.0 Å². The van der Waals surface area contributed by atoms with Gasteiger partial charge in [-0.05, 0) is 29.3 Å². The highest BCUT2D eigenvalue weighted by molar-refractivity contribution is 7.88. The molecule has 0 aliphatic heterocycles. The van der Waals surface area contributed by atoms with Crippen molar-refractivity contribution in [3.63, 3.8) is 0 Å². The Balaban J connectivity index is 2.15. The van der Waals surface area contributed by atoms with Crippen molar-refractivity contribution in [2.45, 2.75) is 12.3 Å². The van der Waals surface area contributed by atoms with E-state index < -0.39 is 10.0 Å². The number of nitriles is 2. The number of hydrogen-bond acceptors (Lipinski definition) is 4. The van der Waals surface area contributed by atoms with Crippen LogP contribution in [0.3, 0.4) is 0 Å². The standard InChI is InChI=1S/C17H15N3O2S/c1-20(12-15-8-6-14(10-18)7-9-15)23(21,22)13-17-5-3-2-4-16(17)11-19/h2-9H,12-13H2,1H3. The van der Waals surface area contributed by atoms with Crippen LogP contribution in [0.4, 0.5) is 0 Å². The number of hydrogen-bond donors (Lipinski definition) is 0. The lowest BCUT2D eigenvalue weighted by Gasteiger charge is -2.17. The van der Waals surface area contributed by atoms with Crippen molar-refractivity contribution < 1.29 is 8.42 Å². The van der Waals surface area contributed by atoms with Crippen molar-refractivity contribution in [3.05, 3.63) is 70.8 Å². The summed E-state index contributed by atoms with van der Waals surface area (Å²) in [5.74, 6) is -0.219. The van der Waals surface area contributed by atoms with Crippen molar-refractivity contribution in [2.75, 3.05) is 7.05 Å². The molecule has 0 unspecified atom stereocenters. The summed E-state index contributed by atoms with van der Waals surface area (Å²) < 4.78 is 26.2.